The monoisotopic (exact) mass is 280 g/mol. The van der Waals surface area contributed by atoms with Gasteiger partial charge >= 0.3 is 0 Å². The Morgan fingerprint density at radius 1 is 1.30 bits per heavy atom. The van der Waals surface area contributed by atoms with Crippen molar-refractivity contribution in [3.05, 3.63) is 17.0 Å². The number of aryl methyl sites for hydroxylation is 1. The first-order chi connectivity index (χ1) is 9.60. The van der Waals surface area contributed by atoms with Crippen molar-refractivity contribution in [3.8, 4) is 0 Å². The average molecular weight is 280 g/mol. The Labute approximate surface area is 122 Å². The molecule has 1 aromatic heterocycles. The third-order valence-electron chi connectivity index (χ3n) is 4.26. The third kappa shape index (κ3) is 3.07. The lowest BCUT2D eigenvalue weighted by molar-refractivity contribution is 0.0430. The van der Waals surface area contributed by atoms with Gasteiger partial charge in [-0.25, -0.2) is 0 Å². The standard InChI is InChI=1S/C16H28N2O2/c1-5-13-16(15(19)7-3)14(6-2)18(17-13)10-12-9-8-11(4)20-12/h11-12,15,19H,5-10H2,1-4H3. The highest BCUT2D eigenvalue weighted by Gasteiger charge is 2.26. The van der Waals surface area contributed by atoms with Crippen molar-refractivity contribution in [3.63, 3.8) is 0 Å². The molecule has 0 aliphatic carbocycles. The lowest BCUT2D eigenvalue weighted by Crippen LogP contribution is -2.19. The molecule has 0 radical (unpaired) electrons. The lowest BCUT2D eigenvalue weighted by Gasteiger charge is -2.15. The molecule has 1 N–H and O–H groups in total. The second-order valence-corrected chi connectivity index (χ2v) is 5.77. The predicted octanol–water partition coefficient (Wildman–Crippen LogP) is 3.02. The van der Waals surface area contributed by atoms with E-state index in [-0.39, 0.29) is 6.10 Å². The molecule has 0 amide bonds. The minimum absolute atomic E-state index is 0.270. The van der Waals surface area contributed by atoms with Crippen LogP contribution in [0.2, 0.25) is 0 Å². The van der Waals surface area contributed by atoms with Gasteiger partial charge in [0.05, 0.1) is 30.6 Å². The number of hydrogen-bond acceptors (Lipinski definition) is 3. The van der Waals surface area contributed by atoms with Crippen molar-refractivity contribution >= 4 is 0 Å². The Balaban J connectivity index is 2.26. The summed E-state index contributed by atoms with van der Waals surface area (Å²) in [7, 11) is 0. The number of rotatable bonds is 6. The van der Waals surface area contributed by atoms with E-state index in [9.17, 15) is 5.11 Å². The molecule has 1 fully saturated rings. The minimum Gasteiger partial charge on any atom is -0.388 e. The first-order valence-corrected chi connectivity index (χ1v) is 8.02. The number of aliphatic hydroxyl groups is 1. The Bertz CT molecular complexity index is 442. The van der Waals surface area contributed by atoms with Crippen LogP contribution in [0, 0.1) is 0 Å². The van der Waals surface area contributed by atoms with Crippen LogP contribution in [0.3, 0.4) is 0 Å². The third-order valence-corrected chi connectivity index (χ3v) is 4.26. The van der Waals surface area contributed by atoms with E-state index in [2.05, 4.69) is 25.5 Å². The van der Waals surface area contributed by atoms with Gasteiger partial charge in [-0.3, -0.25) is 4.68 Å². The number of nitrogens with zero attached hydrogens (tertiary/aromatic N) is 2. The molecule has 114 valence electrons. The van der Waals surface area contributed by atoms with Crippen LogP contribution in [-0.2, 0) is 24.1 Å². The highest BCUT2D eigenvalue weighted by molar-refractivity contribution is 5.29. The number of ether oxygens (including phenoxy) is 1. The Morgan fingerprint density at radius 3 is 2.55 bits per heavy atom. The largest absolute Gasteiger partial charge is 0.388 e. The summed E-state index contributed by atoms with van der Waals surface area (Å²) in [5.41, 5.74) is 3.28. The zero-order valence-corrected chi connectivity index (χ0v) is 13.2. The maximum Gasteiger partial charge on any atom is 0.0823 e. The Hall–Kier alpha value is -0.870. The topological polar surface area (TPSA) is 47.3 Å². The van der Waals surface area contributed by atoms with Gasteiger partial charge in [0, 0.05) is 11.3 Å². The zero-order valence-electron chi connectivity index (χ0n) is 13.2. The van der Waals surface area contributed by atoms with Crippen molar-refractivity contribution in [2.45, 2.75) is 84.7 Å². The summed E-state index contributed by atoms with van der Waals surface area (Å²) >= 11 is 0. The minimum atomic E-state index is -0.392. The predicted molar refractivity (Wildman–Crippen MR) is 79.8 cm³/mol. The van der Waals surface area contributed by atoms with Crippen molar-refractivity contribution in [1.29, 1.82) is 0 Å². The second kappa shape index (κ2) is 6.72. The van der Waals surface area contributed by atoms with Crippen molar-refractivity contribution in [2.75, 3.05) is 0 Å². The fraction of sp³-hybridized carbons (Fsp3) is 0.812. The van der Waals surface area contributed by atoms with Crippen LogP contribution >= 0.6 is 0 Å². The van der Waals surface area contributed by atoms with Crippen molar-refractivity contribution < 1.29 is 9.84 Å². The molecule has 1 aliphatic heterocycles. The smallest absolute Gasteiger partial charge is 0.0823 e. The molecule has 0 spiro atoms. The van der Waals surface area contributed by atoms with E-state index in [1.165, 1.54) is 5.69 Å². The van der Waals surface area contributed by atoms with E-state index < -0.39 is 6.10 Å². The fourth-order valence-electron chi connectivity index (χ4n) is 3.15. The van der Waals surface area contributed by atoms with E-state index in [1.807, 2.05) is 6.92 Å². The molecule has 1 aromatic rings. The molecule has 0 bridgehead atoms. The van der Waals surface area contributed by atoms with E-state index in [0.717, 1.165) is 49.9 Å². The lowest BCUT2D eigenvalue weighted by atomic mass is 10.0. The molecule has 4 nitrogen and oxygen atoms in total. The van der Waals surface area contributed by atoms with Crippen LogP contribution in [0.5, 0.6) is 0 Å². The summed E-state index contributed by atoms with van der Waals surface area (Å²) in [5, 5.41) is 15.0. The molecule has 2 rings (SSSR count). The van der Waals surface area contributed by atoms with Gasteiger partial charge in [0.25, 0.3) is 0 Å². The van der Waals surface area contributed by atoms with Crippen LogP contribution < -0.4 is 0 Å². The highest BCUT2D eigenvalue weighted by Crippen LogP contribution is 2.28. The Kier molecular flexibility index (Phi) is 5.22. The first kappa shape index (κ1) is 15.5. The van der Waals surface area contributed by atoms with Gasteiger partial charge in [0.1, 0.15) is 0 Å². The van der Waals surface area contributed by atoms with Crippen LogP contribution in [0.15, 0.2) is 0 Å². The Morgan fingerprint density at radius 2 is 2.05 bits per heavy atom. The summed E-state index contributed by atoms with van der Waals surface area (Å²) in [6.45, 7) is 9.20. The van der Waals surface area contributed by atoms with Gasteiger partial charge in [-0.15, -0.1) is 0 Å². The summed E-state index contributed by atoms with van der Waals surface area (Å²) in [6.07, 6.45) is 5.00. The molecule has 0 saturated carbocycles. The normalized spacial score (nSPS) is 24.2. The highest BCUT2D eigenvalue weighted by atomic mass is 16.5. The maximum atomic E-state index is 10.3. The van der Waals surface area contributed by atoms with Crippen LogP contribution in [0.4, 0.5) is 0 Å². The molecule has 3 unspecified atom stereocenters. The number of hydrogen-bond donors (Lipinski definition) is 1. The quantitative estimate of drug-likeness (QED) is 0.871. The summed E-state index contributed by atoms with van der Waals surface area (Å²) in [4.78, 5) is 0. The van der Waals surface area contributed by atoms with Gasteiger partial charge in [0.2, 0.25) is 0 Å². The van der Waals surface area contributed by atoms with Crippen LogP contribution in [0.1, 0.15) is 70.0 Å². The molecule has 1 aliphatic rings. The van der Waals surface area contributed by atoms with E-state index in [4.69, 9.17) is 9.84 Å². The molecule has 20 heavy (non-hydrogen) atoms. The van der Waals surface area contributed by atoms with Crippen LogP contribution in [0.25, 0.3) is 0 Å². The van der Waals surface area contributed by atoms with Gasteiger partial charge in [-0.2, -0.15) is 5.10 Å². The summed E-state index contributed by atoms with van der Waals surface area (Å²) in [6, 6.07) is 0. The molecular weight excluding hydrogens is 252 g/mol. The first-order valence-electron chi connectivity index (χ1n) is 8.02. The number of aliphatic hydroxyl groups excluding tert-OH is 1. The van der Waals surface area contributed by atoms with Crippen molar-refractivity contribution in [1.82, 2.24) is 9.78 Å². The number of aromatic nitrogens is 2. The summed E-state index contributed by atoms with van der Waals surface area (Å²) in [5.74, 6) is 0. The van der Waals surface area contributed by atoms with Gasteiger partial charge in [0.15, 0.2) is 0 Å². The van der Waals surface area contributed by atoms with E-state index >= 15 is 0 Å². The van der Waals surface area contributed by atoms with E-state index in [1.54, 1.807) is 0 Å². The summed E-state index contributed by atoms with van der Waals surface area (Å²) < 4.78 is 7.99. The van der Waals surface area contributed by atoms with Gasteiger partial charge in [-0.1, -0.05) is 20.8 Å². The van der Waals surface area contributed by atoms with E-state index in [0.29, 0.717) is 6.10 Å². The van der Waals surface area contributed by atoms with Gasteiger partial charge in [-0.05, 0) is 39.0 Å². The molecule has 2 heterocycles. The molecule has 4 heteroatoms. The van der Waals surface area contributed by atoms with Crippen molar-refractivity contribution in [2.24, 2.45) is 0 Å². The van der Waals surface area contributed by atoms with Gasteiger partial charge < -0.3 is 9.84 Å². The second-order valence-electron chi connectivity index (χ2n) is 5.77. The molecular formula is C16H28N2O2. The fourth-order valence-corrected chi connectivity index (χ4v) is 3.15. The molecule has 1 saturated heterocycles. The SMILES string of the molecule is CCc1nn(CC2CCC(C)O2)c(CC)c1C(O)CC. The zero-order chi connectivity index (χ0) is 14.7. The molecule has 3 atom stereocenters. The maximum absolute atomic E-state index is 10.3. The van der Waals surface area contributed by atoms with Crippen LogP contribution in [-0.4, -0.2) is 27.1 Å². The molecule has 0 aromatic carbocycles. The average Bonchev–Trinajstić information content (AvgIpc) is 3.01.